The van der Waals surface area contributed by atoms with Crippen LogP contribution in [0.3, 0.4) is 0 Å². The lowest BCUT2D eigenvalue weighted by Gasteiger charge is -2.22. The van der Waals surface area contributed by atoms with Crippen LogP contribution in [0.25, 0.3) is 0 Å². The molecule has 1 fully saturated rings. The Morgan fingerprint density at radius 2 is 1.75 bits per heavy atom. The molecule has 0 aliphatic heterocycles. The summed E-state index contributed by atoms with van der Waals surface area (Å²) in [4.78, 5) is 33.1. The quantitative estimate of drug-likeness (QED) is 0.561. The Bertz CT molecular complexity index is 366. The highest BCUT2D eigenvalue weighted by Crippen LogP contribution is 2.27. The monoisotopic (exact) mass is 286 g/mol. The molecule has 1 aliphatic rings. The van der Waals surface area contributed by atoms with E-state index in [0.717, 1.165) is 25.7 Å². The number of carboxylic acids is 2. The molecule has 0 spiro atoms. The number of urea groups is 1. The van der Waals surface area contributed by atoms with Crippen molar-refractivity contribution < 1.29 is 24.6 Å². The minimum absolute atomic E-state index is 0.00795. The Labute approximate surface area is 117 Å². The van der Waals surface area contributed by atoms with Crippen molar-refractivity contribution in [3.63, 3.8) is 0 Å². The summed E-state index contributed by atoms with van der Waals surface area (Å²) < 4.78 is 0. The third-order valence-electron chi connectivity index (χ3n) is 3.72. The van der Waals surface area contributed by atoms with Crippen molar-refractivity contribution >= 4 is 18.0 Å². The summed E-state index contributed by atoms with van der Waals surface area (Å²) in [7, 11) is 0. The van der Waals surface area contributed by atoms with Crippen LogP contribution in [-0.4, -0.2) is 40.3 Å². The minimum atomic E-state index is -1.23. The fourth-order valence-electron chi connectivity index (χ4n) is 2.51. The van der Waals surface area contributed by atoms with Gasteiger partial charge in [0.25, 0.3) is 0 Å². The van der Waals surface area contributed by atoms with Gasteiger partial charge in [-0.05, 0) is 32.1 Å². The number of nitrogens with one attached hydrogen (secondary N) is 2. The number of carbonyl (C=O) groups excluding carboxylic acids is 1. The molecular formula is C13H22N2O5. The van der Waals surface area contributed by atoms with Crippen LogP contribution in [0, 0.1) is 5.92 Å². The molecule has 114 valence electrons. The first kappa shape index (κ1) is 16.3. The van der Waals surface area contributed by atoms with Gasteiger partial charge in [0.15, 0.2) is 0 Å². The highest BCUT2D eigenvalue weighted by atomic mass is 16.4. The van der Waals surface area contributed by atoms with Gasteiger partial charge in [0.05, 0.1) is 0 Å². The Hall–Kier alpha value is -1.79. The average molecular weight is 286 g/mol. The van der Waals surface area contributed by atoms with Crippen molar-refractivity contribution in [3.05, 3.63) is 0 Å². The molecule has 2 atom stereocenters. The molecular weight excluding hydrogens is 264 g/mol. The van der Waals surface area contributed by atoms with E-state index in [-0.39, 0.29) is 18.9 Å². The highest BCUT2D eigenvalue weighted by molar-refractivity contribution is 5.83. The predicted molar refractivity (Wildman–Crippen MR) is 71.4 cm³/mol. The number of amides is 2. The molecule has 0 radical (unpaired) electrons. The van der Waals surface area contributed by atoms with Gasteiger partial charge in [-0.2, -0.15) is 0 Å². The fraction of sp³-hybridized carbons (Fsp3) is 0.769. The van der Waals surface area contributed by atoms with Gasteiger partial charge in [0.2, 0.25) is 0 Å². The maximum absolute atomic E-state index is 11.7. The Balaban J connectivity index is 2.40. The number of carboxylic acid groups (broad SMARTS) is 2. The van der Waals surface area contributed by atoms with Gasteiger partial charge < -0.3 is 20.8 Å². The minimum Gasteiger partial charge on any atom is -0.481 e. The summed E-state index contributed by atoms with van der Waals surface area (Å²) in [6.07, 6.45) is 4.04. The molecule has 0 heterocycles. The van der Waals surface area contributed by atoms with Crippen molar-refractivity contribution in [2.24, 2.45) is 5.92 Å². The zero-order valence-corrected chi connectivity index (χ0v) is 11.6. The molecule has 0 saturated heterocycles. The molecule has 1 rings (SSSR count). The van der Waals surface area contributed by atoms with Crippen LogP contribution in [-0.2, 0) is 9.59 Å². The van der Waals surface area contributed by atoms with Crippen molar-refractivity contribution in [3.8, 4) is 0 Å². The second-order valence-electron chi connectivity index (χ2n) is 5.27. The SMILES string of the molecule is CC(NC(=O)N[C@@H](CCC(=O)O)C(=O)O)C1CCCC1. The van der Waals surface area contributed by atoms with Crippen molar-refractivity contribution in [1.29, 1.82) is 0 Å². The molecule has 0 bridgehead atoms. The standard InChI is InChI=1S/C13H22N2O5/c1-8(9-4-2-3-5-9)14-13(20)15-10(12(18)19)6-7-11(16)17/h8-10H,2-7H2,1H3,(H,16,17)(H,18,19)(H2,14,15,20)/t8?,10-/m0/s1. The lowest BCUT2D eigenvalue weighted by Crippen LogP contribution is -2.49. The molecule has 1 aliphatic carbocycles. The van der Waals surface area contributed by atoms with Gasteiger partial charge in [0, 0.05) is 12.5 Å². The molecule has 2 amide bonds. The molecule has 4 N–H and O–H groups in total. The zero-order chi connectivity index (χ0) is 15.1. The maximum atomic E-state index is 11.7. The summed E-state index contributed by atoms with van der Waals surface area (Å²) in [5.41, 5.74) is 0. The topological polar surface area (TPSA) is 116 Å². The molecule has 20 heavy (non-hydrogen) atoms. The van der Waals surface area contributed by atoms with Gasteiger partial charge >= 0.3 is 18.0 Å². The fourth-order valence-corrected chi connectivity index (χ4v) is 2.51. The lowest BCUT2D eigenvalue weighted by molar-refractivity contribution is -0.140. The number of hydrogen-bond acceptors (Lipinski definition) is 3. The predicted octanol–water partition coefficient (Wildman–Crippen LogP) is 1.18. The van der Waals surface area contributed by atoms with E-state index < -0.39 is 24.0 Å². The van der Waals surface area contributed by atoms with Crippen molar-refractivity contribution in [2.45, 2.75) is 57.5 Å². The summed E-state index contributed by atoms with van der Waals surface area (Å²) in [6, 6.07) is -1.74. The smallest absolute Gasteiger partial charge is 0.326 e. The second-order valence-corrected chi connectivity index (χ2v) is 5.27. The molecule has 0 aromatic rings. The van der Waals surface area contributed by atoms with Crippen LogP contribution in [0.2, 0.25) is 0 Å². The van der Waals surface area contributed by atoms with E-state index >= 15 is 0 Å². The first-order valence-corrected chi connectivity index (χ1v) is 6.91. The second kappa shape index (κ2) is 7.72. The van der Waals surface area contributed by atoms with Crippen LogP contribution >= 0.6 is 0 Å². The first-order valence-electron chi connectivity index (χ1n) is 6.91. The van der Waals surface area contributed by atoms with Gasteiger partial charge in [0.1, 0.15) is 6.04 Å². The van der Waals surface area contributed by atoms with E-state index in [2.05, 4.69) is 10.6 Å². The first-order chi connectivity index (χ1) is 9.40. The van der Waals surface area contributed by atoms with E-state index in [9.17, 15) is 14.4 Å². The van der Waals surface area contributed by atoms with Gasteiger partial charge in [-0.3, -0.25) is 4.79 Å². The summed E-state index contributed by atoms with van der Waals surface area (Å²) >= 11 is 0. The zero-order valence-electron chi connectivity index (χ0n) is 11.6. The summed E-state index contributed by atoms with van der Waals surface area (Å²) in [5.74, 6) is -1.88. The molecule has 0 aromatic carbocycles. The molecule has 7 heteroatoms. The van der Waals surface area contributed by atoms with E-state index in [1.165, 1.54) is 0 Å². The van der Waals surface area contributed by atoms with Crippen LogP contribution in [0.15, 0.2) is 0 Å². The molecule has 0 aromatic heterocycles. The van der Waals surface area contributed by atoms with E-state index in [1.54, 1.807) is 0 Å². The Morgan fingerprint density at radius 1 is 1.15 bits per heavy atom. The van der Waals surface area contributed by atoms with Crippen LogP contribution < -0.4 is 10.6 Å². The largest absolute Gasteiger partial charge is 0.481 e. The number of carbonyl (C=O) groups is 3. The third-order valence-corrected chi connectivity index (χ3v) is 3.72. The summed E-state index contributed by atoms with van der Waals surface area (Å²) in [5, 5.41) is 22.5. The molecule has 1 saturated carbocycles. The Kier molecular flexibility index (Phi) is 6.27. The van der Waals surface area contributed by atoms with E-state index in [1.807, 2.05) is 6.92 Å². The van der Waals surface area contributed by atoms with Crippen LogP contribution in [0.1, 0.15) is 45.4 Å². The van der Waals surface area contributed by atoms with E-state index in [0.29, 0.717) is 5.92 Å². The van der Waals surface area contributed by atoms with Gasteiger partial charge in [-0.15, -0.1) is 0 Å². The van der Waals surface area contributed by atoms with E-state index in [4.69, 9.17) is 10.2 Å². The average Bonchev–Trinajstić information content (AvgIpc) is 2.87. The number of hydrogen-bond donors (Lipinski definition) is 4. The summed E-state index contributed by atoms with van der Waals surface area (Å²) in [6.45, 7) is 1.91. The number of aliphatic carboxylic acids is 2. The third kappa shape index (κ3) is 5.46. The molecule has 1 unspecified atom stereocenters. The van der Waals surface area contributed by atoms with Crippen molar-refractivity contribution in [2.75, 3.05) is 0 Å². The van der Waals surface area contributed by atoms with Gasteiger partial charge in [-0.25, -0.2) is 9.59 Å². The van der Waals surface area contributed by atoms with Gasteiger partial charge in [-0.1, -0.05) is 12.8 Å². The Morgan fingerprint density at radius 3 is 2.25 bits per heavy atom. The lowest BCUT2D eigenvalue weighted by atomic mass is 10.0. The maximum Gasteiger partial charge on any atom is 0.326 e. The number of rotatable bonds is 7. The van der Waals surface area contributed by atoms with Crippen molar-refractivity contribution in [1.82, 2.24) is 10.6 Å². The van der Waals surface area contributed by atoms with Crippen LogP contribution in [0.4, 0.5) is 4.79 Å². The highest BCUT2D eigenvalue weighted by Gasteiger charge is 2.25. The molecule has 7 nitrogen and oxygen atoms in total. The normalized spacial score (nSPS) is 18.2. The van der Waals surface area contributed by atoms with Crippen LogP contribution in [0.5, 0.6) is 0 Å².